The molecule has 2 aromatic rings. The Morgan fingerprint density at radius 3 is 2.61 bits per heavy atom. The molecule has 0 radical (unpaired) electrons. The van der Waals surface area contributed by atoms with Gasteiger partial charge < -0.3 is 4.57 Å². The van der Waals surface area contributed by atoms with Crippen LogP contribution in [0, 0.1) is 5.82 Å². The number of aromatic nitrogens is 3. The highest BCUT2D eigenvalue weighted by Gasteiger charge is 2.31. The molecule has 0 amide bonds. The van der Waals surface area contributed by atoms with E-state index in [9.17, 15) is 12.8 Å². The molecule has 0 aliphatic carbocycles. The highest BCUT2D eigenvalue weighted by Crippen LogP contribution is 2.25. The number of piperazine rings is 1. The summed E-state index contributed by atoms with van der Waals surface area (Å²) >= 11 is 5.75. The Hall–Kier alpha value is -1.55. The first-order valence-corrected chi connectivity index (χ1v) is 11.4. The molecule has 0 unspecified atom stereocenters. The van der Waals surface area contributed by atoms with Crippen molar-refractivity contribution in [3.63, 3.8) is 0 Å². The molecule has 2 aliphatic heterocycles. The monoisotopic (exact) mass is 427 g/mol. The Balaban J connectivity index is 1.42. The van der Waals surface area contributed by atoms with E-state index in [0.717, 1.165) is 37.5 Å². The van der Waals surface area contributed by atoms with Crippen LogP contribution in [0.4, 0.5) is 4.39 Å². The van der Waals surface area contributed by atoms with Crippen molar-refractivity contribution in [2.24, 2.45) is 0 Å². The predicted molar refractivity (Wildman–Crippen MR) is 103 cm³/mol. The molecule has 1 aromatic heterocycles. The standard InChI is InChI=1S/C18H23ClFN5O2S/c19-14-5-4-6-15(18(14)20)28(26,27)24-11-9-23(10-12-24)13-17-22-21-16-7-2-1-3-8-25(16)17/h4-6H,1-3,7-13H2. The maximum absolute atomic E-state index is 14.2. The lowest BCUT2D eigenvalue weighted by Gasteiger charge is -2.33. The zero-order valence-corrected chi connectivity index (χ0v) is 17.1. The van der Waals surface area contributed by atoms with E-state index in [1.54, 1.807) is 0 Å². The molecule has 2 aliphatic rings. The largest absolute Gasteiger partial charge is 0.314 e. The number of rotatable bonds is 4. The third-order valence-electron chi connectivity index (χ3n) is 5.42. The van der Waals surface area contributed by atoms with Crippen molar-refractivity contribution in [2.45, 2.75) is 43.7 Å². The minimum absolute atomic E-state index is 0.188. The molecule has 0 saturated carbocycles. The second-order valence-corrected chi connectivity index (χ2v) is 9.54. The second kappa shape index (κ2) is 8.06. The van der Waals surface area contributed by atoms with Crippen LogP contribution in [0.5, 0.6) is 0 Å². The quantitative estimate of drug-likeness (QED) is 0.748. The molecule has 0 atom stereocenters. The van der Waals surface area contributed by atoms with Crippen LogP contribution in [0.2, 0.25) is 5.02 Å². The van der Waals surface area contributed by atoms with Crippen LogP contribution < -0.4 is 0 Å². The molecule has 0 bridgehead atoms. The van der Waals surface area contributed by atoms with Gasteiger partial charge in [-0.25, -0.2) is 12.8 Å². The molecular formula is C18H23ClFN5O2S. The van der Waals surface area contributed by atoms with E-state index in [1.165, 1.54) is 28.9 Å². The molecule has 4 rings (SSSR count). The average molecular weight is 428 g/mol. The van der Waals surface area contributed by atoms with Crippen LogP contribution in [-0.2, 0) is 29.5 Å². The predicted octanol–water partition coefficient (Wildman–Crippen LogP) is 2.30. The summed E-state index contributed by atoms with van der Waals surface area (Å²) < 4.78 is 43.3. The topological polar surface area (TPSA) is 71.3 Å². The summed E-state index contributed by atoms with van der Waals surface area (Å²) in [6.45, 7) is 3.31. The van der Waals surface area contributed by atoms with Gasteiger partial charge in [0.05, 0.1) is 11.6 Å². The number of aryl methyl sites for hydroxylation is 1. The number of halogens is 2. The van der Waals surface area contributed by atoms with E-state index in [-0.39, 0.29) is 9.92 Å². The lowest BCUT2D eigenvalue weighted by molar-refractivity contribution is 0.175. The maximum atomic E-state index is 14.2. The van der Waals surface area contributed by atoms with E-state index >= 15 is 0 Å². The van der Waals surface area contributed by atoms with Gasteiger partial charge in [0.1, 0.15) is 16.5 Å². The summed E-state index contributed by atoms with van der Waals surface area (Å²) in [5, 5.41) is 8.48. The highest BCUT2D eigenvalue weighted by atomic mass is 35.5. The summed E-state index contributed by atoms with van der Waals surface area (Å²) in [4.78, 5) is 1.80. The van der Waals surface area contributed by atoms with Crippen molar-refractivity contribution in [3.05, 3.63) is 40.7 Å². The number of benzene rings is 1. The van der Waals surface area contributed by atoms with Crippen LogP contribution in [-0.4, -0.2) is 58.6 Å². The van der Waals surface area contributed by atoms with Crippen LogP contribution in [0.15, 0.2) is 23.1 Å². The van der Waals surface area contributed by atoms with Gasteiger partial charge in [-0.2, -0.15) is 4.31 Å². The fourth-order valence-electron chi connectivity index (χ4n) is 3.81. The van der Waals surface area contributed by atoms with Crippen molar-refractivity contribution in [1.29, 1.82) is 0 Å². The molecule has 0 N–H and O–H groups in total. The van der Waals surface area contributed by atoms with Gasteiger partial charge in [-0.05, 0) is 25.0 Å². The Kier molecular flexibility index (Phi) is 5.69. The average Bonchev–Trinajstić information content (AvgIpc) is 2.90. The molecule has 152 valence electrons. The number of hydrogen-bond donors (Lipinski definition) is 0. The number of hydrogen-bond acceptors (Lipinski definition) is 5. The molecule has 1 saturated heterocycles. The van der Waals surface area contributed by atoms with E-state index in [2.05, 4.69) is 19.7 Å². The number of nitrogens with zero attached hydrogens (tertiary/aromatic N) is 5. The molecule has 10 heteroatoms. The van der Waals surface area contributed by atoms with Gasteiger partial charge in [-0.1, -0.05) is 24.1 Å². The third-order valence-corrected chi connectivity index (χ3v) is 7.62. The van der Waals surface area contributed by atoms with Crippen LogP contribution in [0.3, 0.4) is 0 Å². The number of fused-ring (bicyclic) bond motifs is 1. The van der Waals surface area contributed by atoms with Gasteiger partial charge in [0.25, 0.3) is 0 Å². The van der Waals surface area contributed by atoms with Crippen LogP contribution in [0.1, 0.15) is 30.9 Å². The molecule has 0 spiro atoms. The van der Waals surface area contributed by atoms with Gasteiger partial charge in [-0.3, -0.25) is 4.90 Å². The zero-order chi connectivity index (χ0) is 19.7. The molecule has 1 fully saturated rings. The first kappa shape index (κ1) is 19.8. The SMILES string of the molecule is O=S(=O)(c1cccc(Cl)c1F)N1CCN(Cc2nnc3n2CCCCC3)CC1. The first-order chi connectivity index (χ1) is 13.5. The summed E-state index contributed by atoms with van der Waals surface area (Å²) in [6.07, 6.45) is 4.45. The molecular weight excluding hydrogens is 405 g/mol. The van der Waals surface area contributed by atoms with Gasteiger partial charge in [0.15, 0.2) is 5.82 Å². The Morgan fingerprint density at radius 2 is 1.82 bits per heavy atom. The lowest BCUT2D eigenvalue weighted by atomic mass is 10.2. The Bertz CT molecular complexity index is 957. The second-order valence-electron chi connectivity index (χ2n) is 7.23. The van der Waals surface area contributed by atoms with Gasteiger partial charge >= 0.3 is 0 Å². The lowest BCUT2D eigenvalue weighted by Crippen LogP contribution is -2.48. The summed E-state index contributed by atoms with van der Waals surface area (Å²) in [7, 11) is -3.91. The third kappa shape index (κ3) is 3.80. The molecule has 1 aromatic carbocycles. The minimum Gasteiger partial charge on any atom is -0.314 e. The fraction of sp³-hybridized carbons (Fsp3) is 0.556. The van der Waals surface area contributed by atoms with Crippen LogP contribution in [0.25, 0.3) is 0 Å². The number of sulfonamides is 1. The first-order valence-electron chi connectivity index (χ1n) is 9.54. The Morgan fingerprint density at radius 1 is 1.04 bits per heavy atom. The molecule has 7 nitrogen and oxygen atoms in total. The van der Waals surface area contributed by atoms with Crippen molar-refractivity contribution in [2.75, 3.05) is 26.2 Å². The van der Waals surface area contributed by atoms with E-state index in [4.69, 9.17) is 11.6 Å². The van der Waals surface area contributed by atoms with Crippen molar-refractivity contribution in [1.82, 2.24) is 24.0 Å². The Labute approximate surface area is 169 Å². The van der Waals surface area contributed by atoms with Crippen molar-refractivity contribution < 1.29 is 12.8 Å². The fourth-order valence-corrected chi connectivity index (χ4v) is 5.55. The van der Waals surface area contributed by atoms with Gasteiger partial charge in [-0.15, -0.1) is 10.2 Å². The van der Waals surface area contributed by atoms with Gasteiger partial charge in [0.2, 0.25) is 10.0 Å². The van der Waals surface area contributed by atoms with Gasteiger partial charge in [0, 0.05) is 39.1 Å². The molecule has 3 heterocycles. The van der Waals surface area contributed by atoms with E-state index in [1.807, 2.05) is 0 Å². The van der Waals surface area contributed by atoms with E-state index < -0.39 is 15.8 Å². The minimum atomic E-state index is -3.91. The summed E-state index contributed by atoms with van der Waals surface area (Å²) in [6, 6.07) is 4.05. The normalized spacial score (nSPS) is 19.4. The highest BCUT2D eigenvalue weighted by molar-refractivity contribution is 7.89. The maximum Gasteiger partial charge on any atom is 0.246 e. The zero-order valence-electron chi connectivity index (χ0n) is 15.5. The van der Waals surface area contributed by atoms with Crippen molar-refractivity contribution >= 4 is 21.6 Å². The summed E-state index contributed by atoms with van der Waals surface area (Å²) in [5.41, 5.74) is 0. The van der Waals surface area contributed by atoms with Crippen LogP contribution >= 0.6 is 11.6 Å². The molecule has 28 heavy (non-hydrogen) atoms. The summed E-state index contributed by atoms with van der Waals surface area (Å²) in [5.74, 6) is 1.09. The van der Waals surface area contributed by atoms with Crippen molar-refractivity contribution in [3.8, 4) is 0 Å². The smallest absolute Gasteiger partial charge is 0.246 e. The van der Waals surface area contributed by atoms with E-state index in [0.29, 0.717) is 32.7 Å².